The summed E-state index contributed by atoms with van der Waals surface area (Å²) in [7, 11) is 1.51. The first-order valence-corrected chi connectivity index (χ1v) is 9.34. The summed E-state index contributed by atoms with van der Waals surface area (Å²) >= 11 is 0. The lowest BCUT2D eigenvalue weighted by molar-refractivity contribution is -0.150. The molecule has 3 aliphatic rings. The lowest BCUT2D eigenvalue weighted by atomic mass is 9.72. The van der Waals surface area contributed by atoms with Gasteiger partial charge in [0.1, 0.15) is 6.04 Å². The molecule has 0 spiro atoms. The molecule has 4 heteroatoms. The zero-order valence-electron chi connectivity index (χ0n) is 14.6. The van der Waals surface area contributed by atoms with Gasteiger partial charge in [0.05, 0.1) is 13.2 Å². The molecule has 1 N–H and O–H groups in total. The number of carbonyl (C=O) groups excluding carboxylic acids is 1. The Hall–Kier alpha value is -2.07. The molecule has 2 aliphatic heterocycles. The van der Waals surface area contributed by atoms with Gasteiger partial charge >= 0.3 is 5.97 Å². The Morgan fingerprint density at radius 1 is 1.20 bits per heavy atom. The van der Waals surface area contributed by atoms with E-state index in [0.717, 1.165) is 31.7 Å². The molecule has 0 bridgehead atoms. The number of allylic oxidation sites excluding steroid dienone is 2. The topological polar surface area (TPSA) is 45.3 Å². The van der Waals surface area contributed by atoms with Crippen molar-refractivity contribution in [1.82, 2.24) is 9.88 Å². The van der Waals surface area contributed by atoms with Crippen molar-refractivity contribution < 1.29 is 9.53 Å². The number of aromatic nitrogens is 1. The molecule has 1 aliphatic carbocycles. The highest BCUT2D eigenvalue weighted by Gasteiger charge is 2.46. The number of carbonyl (C=O) groups is 1. The Labute approximate surface area is 147 Å². The SMILES string of the molecule is COC(=O)[C@@H]1Cc2c([nH]c3ccccc23)[C@@H]2C[C@@H]3CC=CC[C@@H]3CN12. The molecule has 4 nitrogen and oxygen atoms in total. The van der Waals surface area contributed by atoms with Crippen LogP contribution in [0.25, 0.3) is 10.9 Å². The largest absolute Gasteiger partial charge is 0.468 e. The molecule has 1 fully saturated rings. The van der Waals surface area contributed by atoms with Crippen LogP contribution in [0, 0.1) is 11.8 Å². The molecule has 25 heavy (non-hydrogen) atoms. The number of para-hydroxylation sites is 1. The van der Waals surface area contributed by atoms with E-state index < -0.39 is 0 Å². The number of benzene rings is 1. The van der Waals surface area contributed by atoms with Gasteiger partial charge in [-0.05, 0) is 42.7 Å². The maximum absolute atomic E-state index is 12.6. The van der Waals surface area contributed by atoms with Gasteiger partial charge in [0, 0.05) is 29.6 Å². The fourth-order valence-electron chi connectivity index (χ4n) is 5.28. The molecular formula is C21H24N2O2. The third kappa shape index (κ3) is 2.27. The highest BCUT2D eigenvalue weighted by atomic mass is 16.5. The lowest BCUT2D eigenvalue weighted by Crippen LogP contribution is -2.54. The minimum Gasteiger partial charge on any atom is -0.468 e. The maximum Gasteiger partial charge on any atom is 0.323 e. The Morgan fingerprint density at radius 3 is 2.84 bits per heavy atom. The highest BCUT2D eigenvalue weighted by Crippen LogP contribution is 2.47. The van der Waals surface area contributed by atoms with Crippen LogP contribution in [-0.2, 0) is 16.0 Å². The normalized spacial score (nSPS) is 31.2. The molecule has 3 heterocycles. The number of hydrogen-bond acceptors (Lipinski definition) is 3. The predicted molar refractivity (Wildman–Crippen MR) is 97.2 cm³/mol. The first kappa shape index (κ1) is 15.2. The van der Waals surface area contributed by atoms with Crippen molar-refractivity contribution in [3.05, 3.63) is 47.7 Å². The van der Waals surface area contributed by atoms with Crippen LogP contribution in [0.2, 0.25) is 0 Å². The number of nitrogens with one attached hydrogen (secondary N) is 1. The summed E-state index contributed by atoms with van der Waals surface area (Å²) in [5, 5.41) is 1.26. The van der Waals surface area contributed by atoms with E-state index in [1.807, 2.05) is 0 Å². The average molecular weight is 336 g/mol. The van der Waals surface area contributed by atoms with E-state index in [4.69, 9.17) is 4.74 Å². The summed E-state index contributed by atoms with van der Waals surface area (Å²) < 4.78 is 5.17. The standard InChI is InChI=1S/C21H24N2O2/c1-25-21(24)19-11-16-15-8-4-5-9-17(15)22-20(16)18-10-13-6-2-3-7-14(13)12-23(18)19/h2-5,8-9,13-14,18-19,22H,6-7,10-12H2,1H3/t13-,14+,18-,19-/m0/s1. The molecule has 1 aromatic carbocycles. The monoisotopic (exact) mass is 336 g/mol. The van der Waals surface area contributed by atoms with E-state index in [9.17, 15) is 4.79 Å². The first-order chi connectivity index (χ1) is 12.3. The van der Waals surface area contributed by atoms with Gasteiger partial charge in [0.15, 0.2) is 0 Å². The van der Waals surface area contributed by atoms with Crippen LogP contribution in [0.1, 0.15) is 36.6 Å². The van der Waals surface area contributed by atoms with Crippen molar-refractivity contribution in [3.63, 3.8) is 0 Å². The number of ether oxygens (including phenoxy) is 1. The molecule has 4 atom stereocenters. The van der Waals surface area contributed by atoms with Crippen molar-refractivity contribution in [2.45, 2.75) is 37.8 Å². The van der Waals surface area contributed by atoms with Crippen LogP contribution in [-0.4, -0.2) is 35.5 Å². The second-order valence-corrected chi connectivity index (χ2v) is 7.72. The molecule has 0 saturated carbocycles. The van der Waals surface area contributed by atoms with E-state index in [1.165, 1.54) is 35.7 Å². The minimum atomic E-state index is -0.159. The zero-order chi connectivity index (χ0) is 17.0. The Kier molecular flexibility index (Phi) is 3.49. The number of nitrogens with zero attached hydrogens (tertiary/aromatic N) is 1. The number of H-pyrrole nitrogens is 1. The number of esters is 1. The quantitative estimate of drug-likeness (QED) is 0.639. The van der Waals surface area contributed by atoms with Gasteiger partial charge in [-0.2, -0.15) is 0 Å². The molecule has 0 unspecified atom stereocenters. The zero-order valence-corrected chi connectivity index (χ0v) is 14.6. The van der Waals surface area contributed by atoms with Crippen LogP contribution in [0.3, 0.4) is 0 Å². The van der Waals surface area contributed by atoms with E-state index in [1.54, 1.807) is 0 Å². The van der Waals surface area contributed by atoms with Gasteiger partial charge < -0.3 is 9.72 Å². The number of piperidine rings is 1. The summed E-state index contributed by atoms with van der Waals surface area (Å²) in [5.74, 6) is 1.30. The summed E-state index contributed by atoms with van der Waals surface area (Å²) in [5.41, 5.74) is 3.83. The van der Waals surface area contributed by atoms with Gasteiger partial charge in [-0.1, -0.05) is 30.4 Å². The summed E-state index contributed by atoms with van der Waals surface area (Å²) in [6.45, 7) is 0.994. The third-order valence-corrected chi connectivity index (χ3v) is 6.53. The Morgan fingerprint density at radius 2 is 2.00 bits per heavy atom. The number of rotatable bonds is 1. The van der Waals surface area contributed by atoms with Crippen LogP contribution in [0.15, 0.2) is 36.4 Å². The third-order valence-electron chi connectivity index (χ3n) is 6.53. The molecular weight excluding hydrogens is 312 g/mol. The van der Waals surface area contributed by atoms with Crippen molar-refractivity contribution in [2.75, 3.05) is 13.7 Å². The van der Waals surface area contributed by atoms with Crippen molar-refractivity contribution in [1.29, 1.82) is 0 Å². The van der Waals surface area contributed by atoms with E-state index >= 15 is 0 Å². The molecule has 5 rings (SSSR count). The van der Waals surface area contributed by atoms with Crippen molar-refractivity contribution >= 4 is 16.9 Å². The molecule has 1 saturated heterocycles. The van der Waals surface area contributed by atoms with E-state index in [0.29, 0.717) is 12.0 Å². The maximum atomic E-state index is 12.6. The van der Waals surface area contributed by atoms with Gasteiger partial charge in [0.2, 0.25) is 0 Å². The fourth-order valence-corrected chi connectivity index (χ4v) is 5.28. The average Bonchev–Trinajstić information content (AvgIpc) is 3.04. The molecule has 2 aromatic rings. The van der Waals surface area contributed by atoms with E-state index in [-0.39, 0.29) is 12.0 Å². The molecule has 0 amide bonds. The van der Waals surface area contributed by atoms with Crippen molar-refractivity contribution in [2.24, 2.45) is 11.8 Å². The molecule has 1 aromatic heterocycles. The minimum absolute atomic E-state index is 0.0919. The molecule has 0 radical (unpaired) electrons. The second-order valence-electron chi connectivity index (χ2n) is 7.72. The van der Waals surface area contributed by atoms with Gasteiger partial charge in [-0.3, -0.25) is 9.69 Å². The second kappa shape index (κ2) is 5.73. The van der Waals surface area contributed by atoms with Crippen LogP contribution < -0.4 is 0 Å². The summed E-state index contributed by atoms with van der Waals surface area (Å²) in [6, 6.07) is 8.60. The molecule has 130 valence electrons. The number of fused-ring (bicyclic) bond motifs is 6. The predicted octanol–water partition coefficient (Wildman–Crippen LogP) is 3.59. The number of methoxy groups -OCH3 is 1. The Balaban J connectivity index is 1.62. The number of hydrogen-bond donors (Lipinski definition) is 1. The highest BCUT2D eigenvalue weighted by molar-refractivity contribution is 5.87. The van der Waals surface area contributed by atoms with Crippen LogP contribution >= 0.6 is 0 Å². The Bertz CT molecular complexity index is 853. The lowest BCUT2D eigenvalue weighted by Gasteiger charge is -2.49. The smallest absolute Gasteiger partial charge is 0.323 e. The summed E-state index contributed by atoms with van der Waals surface area (Å²) in [4.78, 5) is 18.7. The van der Waals surface area contributed by atoms with Gasteiger partial charge in [-0.25, -0.2) is 0 Å². The van der Waals surface area contributed by atoms with Crippen LogP contribution in [0.5, 0.6) is 0 Å². The van der Waals surface area contributed by atoms with Crippen molar-refractivity contribution in [3.8, 4) is 0 Å². The van der Waals surface area contributed by atoms with Gasteiger partial charge in [-0.15, -0.1) is 0 Å². The van der Waals surface area contributed by atoms with E-state index in [2.05, 4.69) is 46.3 Å². The fraction of sp³-hybridized carbons (Fsp3) is 0.476. The first-order valence-electron chi connectivity index (χ1n) is 9.34. The summed E-state index contributed by atoms with van der Waals surface area (Å²) in [6.07, 6.45) is 8.84. The van der Waals surface area contributed by atoms with Crippen LogP contribution in [0.4, 0.5) is 0 Å². The van der Waals surface area contributed by atoms with Gasteiger partial charge in [0.25, 0.3) is 0 Å². The number of aromatic amines is 1.